The van der Waals surface area contributed by atoms with Crippen molar-refractivity contribution in [3.63, 3.8) is 0 Å². The van der Waals surface area contributed by atoms with Crippen molar-refractivity contribution in [2.75, 3.05) is 19.5 Å². The van der Waals surface area contributed by atoms with Gasteiger partial charge in [-0.15, -0.1) is 11.6 Å². The Kier molecular flexibility index (Phi) is 5.22. The van der Waals surface area contributed by atoms with Crippen LogP contribution in [0.5, 0.6) is 5.88 Å². The van der Waals surface area contributed by atoms with Gasteiger partial charge in [0.1, 0.15) is 0 Å². The second kappa shape index (κ2) is 6.22. The van der Waals surface area contributed by atoms with Gasteiger partial charge in [-0.05, 0) is 31.4 Å². The number of methoxy groups -OCH3 is 1. The minimum absolute atomic E-state index is 0.319. The average Bonchev–Trinajstić information content (AvgIpc) is 2.66. The fraction of sp³-hybridized carbons (Fsp3) is 0.667. The van der Waals surface area contributed by atoms with E-state index in [2.05, 4.69) is 16.6 Å². The highest BCUT2D eigenvalue weighted by atomic mass is 35.5. The molecule has 1 aromatic rings. The predicted molar refractivity (Wildman–Crippen MR) is 60.4 cm³/mol. The van der Waals surface area contributed by atoms with Crippen molar-refractivity contribution in [3.8, 4) is 5.88 Å². The van der Waals surface area contributed by atoms with Crippen LogP contribution in [0.2, 0.25) is 0 Å². The van der Waals surface area contributed by atoms with Gasteiger partial charge in [0.2, 0.25) is 5.88 Å². The fourth-order valence-corrected chi connectivity index (χ4v) is 1.91. The van der Waals surface area contributed by atoms with E-state index < -0.39 is 0 Å². The SMILES string of the molecule is COc1cc(C(C)NCCCCl)sn1. The number of hydrogen-bond acceptors (Lipinski definition) is 4. The van der Waals surface area contributed by atoms with Crippen LogP contribution in [0.15, 0.2) is 6.07 Å². The summed E-state index contributed by atoms with van der Waals surface area (Å²) in [7, 11) is 1.63. The third kappa shape index (κ3) is 3.44. The standard InChI is InChI=1S/C9H15ClN2OS/c1-7(11-5-3-4-10)8-6-9(13-2)12-14-8/h6-7,11H,3-5H2,1-2H3. The quantitative estimate of drug-likeness (QED) is 0.607. The zero-order valence-electron chi connectivity index (χ0n) is 8.42. The molecule has 1 heterocycles. The van der Waals surface area contributed by atoms with Crippen molar-refractivity contribution in [3.05, 3.63) is 10.9 Å². The molecule has 0 fully saturated rings. The van der Waals surface area contributed by atoms with E-state index in [0.29, 0.717) is 17.8 Å². The minimum Gasteiger partial charge on any atom is -0.480 e. The van der Waals surface area contributed by atoms with Crippen LogP contribution in [0.4, 0.5) is 0 Å². The summed E-state index contributed by atoms with van der Waals surface area (Å²) in [5.41, 5.74) is 0. The average molecular weight is 235 g/mol. The lowest BCUT2D eigenvalue weighted by molar-refractivity contribution is 0.402. The van der Waals surface area contributed by atoms with Gasteiger partial charge in [-0.25, -0.2) is 0 Å². The largest absolute Gasteiger partial charge is 0.480 e. The van der Waals surface area contributed by atoms with Crippen molar-refractivity contribution in [2.24, 2.45) is 0 Å². The van der Waals surface area contributed by atoms with E-state index >= 15 is 0 Å². The van der Waals surface area contributed by atoms with Crippen molar-refractivity contribution < 1.29 is 4.74 Å². The summed E-state index contributed by atoms with van der Waals surface area (Å²) in [6.07, 6.45) is 0.988. The lowest BCUT2D eigenvalue weighted by atomic mass is 10.2. The molecule has 80 valence electrons. The van der Waals surface area contributed by atoms with E-state index in [0.717, 1.165) is 13.0 Å². The second-order valence-electron chi connectivity index (χ2n) is 2.99. The van der Waals surface area contributed by atoms with Gasteiger partial charge < -0.3 is 10.1 Å². The second-order valence-corrected chi connectivity index (χ2v) is 4.20. The van der Waals surface area contributed by atoms with Crippen LogP contribution in [0.25, 0.3) is 0 Å². The molecular formula is C9H15ClN2OS. The lowest BCUT2D eigenvalue weighted by Crippen LogP contribution is -2.19. The Balaban J connectivity index is 2.39. The molecule has 1 aromatic heterocycles. The zero-order chi connectivity index (χ0) is 10.4. The van der Waals surface area contributed by atoms with Crippen LogP contribution >= 0.6 is 23.1 Å². The summed E-state index contributed by atoms with van der Waals surface area (Å²) in [6, 6.07) is 2.28. The Labute approximate surface area is 93.6 Å². The van der Waals surface area contributed by atoms with Crippen molar-refractivity contribution >= 4 is 23.1 Å². The summed E-state index contributed by atoms with van der Waals surface area (Å²) in [6.45, 7) is 3.05. The molecule has 5 heteroatoms. The molecule has 0 amide bonds. The smallest absolute Gasteiger partial charge is 0.225 e. The maximum atomic E-state index is 5.59. The molecule has 0 saturated heterocycles. The van der Waals surface area contributed by atoms with Crippen LogP contribution in [0.1, 0.15) is 24.3 Å². The zero-order valence-corrected chi connectivity index (χ0v) is 9.99. The highest BCUT2D eigenvalue weighted by Gasteiger charge is 2.08. The Hall–Kier alpha value is -0.320. The maximum absolute atomic E-state index is 5.59. The maximum Gasteiger partial charge on any atom is 0.225 e. The van der Waals surface area contributed by atoms with Gasteiger partial charge >= 0.3 is 0 Å². The number of nitrogens with one attached hydrogen (secondary N) is 1. The molecule has 0 saturated carbocycles. The molecule has 0 bridgehead atoms. The Morgan fingerprint density at radius 2 is 2.50 bits per heavy atom. The van der Waals surface area contributed by atoms with Gasteiger partial charge in [0.05, 0.1) is 7.11 Å². The number of nitrogens with zero attached hydrogens (tertiary/aromatic N) is 1. The van der Waals surface area contributed by atoms with Gasteiger partial charge in [0, 0.05) is 22.9 Å². The fourth-order valence-electron chi connectivity index (χ4n) is 1.06. The van der Waals surface area contributed by atoms with E-state index in [1.807, 2.05) is 6.07 Å². The summed E-state index contributed by atoms with van der Waals surface area (Å²) >= 11 is 7.06. The van der Waals surface area contributed by atoms with E-state index in [-0.39, 0.29) is 0 Å². The first-order valence-corrected chi connectivity index (χ1v) is 5.88. The molecule has 1 rings (SSSR count). The van der Waals surface area contributed by atoms with Crippen LogP contribution in [-0.2, 0) is 0 Å². The number of aromatic nitrogens is 1. The summed E-state index contributed by atoms with van der Waals surface area (Å²) in [5.74, 6) is 1.39. The third-order valence-electron chi connectivity index (χ3n) is 1.90. The Morgan fingerprint density at radius 3 is 3.07 bits per heavy atom. The number of hydrogen-bond donors (Lipinski definition) is 1. The molecule has 0 aromatic carbocycles. The van der Waals surface area contributed by atoms with Crippen LogP contribution in [-0.4, -0.2) is 23.9 Å². The molecular weight excluding hydrogens is 220 g/mol. The topological polar surface area (TPSA) is 34.1 Å². The molecule has 0 spiro atoms. The van der Waals surface area contributed by atoms with Crippen molar-refractivity contribution in [2.45, 2.75) is 19.4 Å². The van der Waals surface area contributed by atoms with Crippen LogP contribution in [0.3, 0.4) is 0 Å². The number of rotatable bonds is 6. The van der Waals surface area contributed by atoms with E-state index in [4.69, 9.17) is 16.3 Å². The lowest BCUT2D eigenvalue weighted by Gasteiger charge is -2.09. The van der Waals surface area contributed by atoms with Gasteiger partial charge in [-0.3, -0.25) is 0 Å². The van der Waals surface area contributed by atoms with Gasteiger partial charge in [-0.2, -0.15) is 4.37 Å². The molecule has 1 N–H and O–H groups in total. The molecule has 0 aliphatic rings. The summed E-state index contributed by atoms with van der Waals surface area (Å²) < 4.78 is 9.16. The third-order valence-corrected chi connectivity index (χ3v) is 3.12. The molecule has 3 nitrogen and oxygen atoms in total. The molecule has 0 aliphatic heterocycles. The highest BCUT2D eigenvalue weighted by Crippen LogP contribution is 2.22. The Morgan fingerprint density at radius 1 is 1.71 bits per heavy atom. The van der Waals surface area contributed by atoms with Crippen LogP contribution in [0, 0.1) is 0 Å². The van der Waals surface area contributed by atoms with E-state index in [9.17, 15) is 0 Å². The van der Waals surface area contributed by atoms with Crippen molar-refractivity contribution in [1.29, 1.82) is 0 Å². The van der Waals surface area contributed by atoms with Crippen LogP contribution < -0.4 is 10.1 Å². The predicted octanol–water partition coefficient (Wildman–Crippen LogP) is 2.43. The number of halogens is 1. The van der Waals surface area contributed by atoms with Gasteiger partial charge in [-0.1, -0.05) is 0 Å². The minimum atomic E-state index is 0.319. The van der Waals surface area contributed by atoms with E-state index in [1.54, 1.807) is 7.11 Å². The molecule has 0 radical (unpaired) electrons. The molecule has 1 unspecified atom stereocenters. The molecule has 1 atom stereocenters. The van der Waals surface area contributed by atoms with Gasteiger partial charge in [0.15, 0.2) is 0 Å². The first kappa shape index (κ1) is 11.8. The van der Waals surface area contributed by atoms with E-state index in [1.165, 1.54) is 16.4 Å². The van der Waals surface area contributed by atoms with Gasteiger partial charge in [0.25, 0.3) is 0 Å². The summed E-state index contributed by atoms with van der Waals surface area (Å²) in [5, 5.41) is 3.37. The van der Waals surface area contributed by atoms with Crippen molar-refractivity contribution in [1.82, 2.24) is 9.69 Å². The molecule has 0 aliphatic carbocycles. The Bertz CT molecular complexity index is 267. The normalized spacial score (nSPS) is 12.8. The number of alkyl halides is 1. The number of ether oxygens (including phenoxy) is 1. The first-order chi connectivity index (χ1) is 6.77. The highest BCUT2D eigenvalue weighted by molar-refractivity contribution is 7.06. The molecule has 14 heavy (non-hydrogen) atoms. The monoisotopic (exact) mass is 234 g/mol. The first-order valence-electron chi connectivity index (χ1n) is 4.58. The summed E-state index contributed by atoms with van der Waals surface area (Å²) in [4.78, 5) is 1.19.